The van der Waals surface area contributed by atoms with E-state index >= 15 is 0 Å². The van der Waals surface area contributed by atoms with Crippen LogP contribution in [0.2, 0.25) is 0 Å². The zero-order valence-electron chi connectivity index (χ0n) is 7.36. The molecule has 0 atom stereocenters. The van der Waals surface area contributed by atoms with Gasteiger partial charge < -0.3 is 10.5 Å². The quantitative estimate of drug-likeness (QED) is 0.658. The molecule has 0 saturated heterocycles. The molecule has 0 unspecified atom stereocenters. The van der Waals surface area contributed by atoms with Crippen LogP contribution in [0.3, 0.4) is 0 Å². The zero-order chi connectivity index (χ0) is 10.7. The summed E-state index contributed by atoms with van der Waals surface area (Å²) in [5.74, 6) is -0.106. The van der Waals surface area contributed by atoms with Gasteiger partial charge in [0.15, 0.2) is 0 Å². The van der Waals surface area contributed by atoms with Gasteiger partial charge in [-0.1, -0.05) is 0 Å². The van der Waals surface area contributed by atoms with Gasteiger partial charge in [-0.25, -0.2) is 4.98 Å². The van der Waals surface area contributed by atoms with Gasteiger partial charge in [0, 0.05) is 17.6 Å². The van der Waals surface area contributed by atoms with Gasteiger partial charge in [0.25, 0.3) is 0 Å². The van der Waals surface area contributed by atoms with E-state index < -0.39 is 4.92 Å². The molecule has 14 heavy (non-hydrogen) atoms. The van der Waals surface area contributed by atoms with Crippen molar-refractivity contribution in [1.82, 2.24) is 4.98 Å². The van der Waals surface area contributed by atoms with E-state index in [1.807, 2.05) is 0 Å². The maximum absolute atomic E-state index is 10.5. The average Bonchev–Trinajstić information content (AvgIpc) is 2.10. The summed E-state index contributed by atoms with van der Waals surface area (Å²) in [6, 6.07) is 1.32. The van der Waals surface area contributed by atoms with Gasteiger partial charge in [-0.15, -0.1) is 0 Å². The number of hydrogen-bond acceptors (Lipinski definition) is 5. The molecule has 76 valence electrons. The predicted molar refractivity (Wildman–Crippen MR) is 53.7 cm³/mol. The third-order valence-corrected chi connectivity index (χ3v) is 2.22. The first kappa shape index (κ1) is 10.9. The van der Waals surface area contributed by atoms with Crippen molar-refractivity contribution >= 4 is 27.4 Å². The molecule has 0 spiro atoms. The van der Waals surface area contributed by atoms with Crippen molar-refractivity contribution in [2.75, 3.05) is 12.8 Å². The maximum atomic E-state index is 10.5. The number of ether oxygens (including phenoxy) is 1. The van der Waals surface area contributed by atoms with E-state index in [9.17, 15) is 10.1 Å². The minimum Gasteiger partial charge on any atom is -0.378 e. The summed E-state index contributed by atoms with van der Waals surface area (Å²) in [5, 5.41) is 10.5. The Labute approximate surface area is 88.4 Å². The van der Waals surface area contributed by atoms with Gasteiger partial charge in [-0.2, -0.15) is 0 Å². The van der Waals surface area contributed by atoms with Crippen LogP contribution in [-0.4, -0.2) is 17.0 Å². The molecule has 0 aliphatic carbocycles. The van der Waals surface area contributed by atoms with E-state index in [2.05, 4.69) is 20.9 Å². The fourth-order valence-electron chi connectivity index (χ4n) is 0.918. The second kappa shape index (κ2) is 4.34. The molecule has 0 radical (unpaired) electrons. The second-order valence-corrected chi connectivity index (χ2v) is 3.37. The molecule has 0 aliphatic heterocycles. The summed E-state index contributed by atoms with van der Waals surface area (Å²) >= 11 is 3.15. The molecule has 1 aromatic rings. The summed E-state index contributed by atoms with van der Waals surface area (Å²) in [6.07, 6.45) is 0. The minimum absolute atomic E-state index is 0.106. The average molecular weight is 262 g/mol. The molecule has 2 N–H and O–H groups in total. The summed E-state index contributed by atoms with van der Waals surface area (Å²) in [7, 11) is 1.51. The highest BCUT2D eigenvalue weighted by Crippen LogP contribution is 2.26. The van der Waals surface area contributed by atoms with Crippen molar-refractivity contribution in [3.63, 3.8) is 0 Å². The van der Waals surface area contributed by atoms with Gasteiger partial charge in [0.05, 0.1) is 17.2 Å². The molecule has 0 bridgehead atoms. The maximum Gasteiger partial charge on any atom is 0.312 e. The first-order valence-electron chi connectivity index (χ1n) is 3.64. The van der Waals surface area contributed by atoms with E-state index in [1.165, 1.54) is 13.2 Å². The Hall–Kier alpha value is -1.21. The Balaban J connectivity index is 3.17. The number of hydrogen-bond donors (Lipinski definition) is 1. The molecule has 0 fully saturated rings. The second-order valence-electron chi connectivity index (χ2n) is 2.51. The molecule has 7 heteroatoms. The summed E-state index contributed by atoms with van der Waals surface area (Å²) in [6.45, 7) is 0.253. The number of nitrogen functional groups attached to an aromatic ring is 1. The molecular formula is C7H8BrN3O3. The largest absolute Gasteiger partial charge is 0.378 e. The molecule has 0 aromatic carbocycles. The van der Waals surface area contributed by atoms with E-state index in [0.29, 0.717) is 10.2 Å². The number of halogens is 1. The van der Waals surface area contributed by atoms with Crippen LogP contribution in [0.15, 0.2) is 10.5 Å². The topological polar surface area (TPSA) is 91.3 Å². The van der Waals surface area contributed by atoms with Gasteiger partial charge >= 0.3 is 5.69 Å². The number of pyridine rings is 1. The van der Waals surface area contributed by atoms with E-state index in [0.717, 1.165) is 0 Å². The van der Waals surface area contributed by atoms with Crippen LogP contribution in [0.4, 0.5) is 11.5 Å². The van der Waals surface area contributed by atoms with Crippen molar-refractivity contribution < 1.29 is 9.66 Å². The van der Waals surface area contributed by atoms with Crippen molar-refractivity contribution in [3.05, 3.63) is 26.3 Å². The molecule has 0 aliphatic rings. The predicted octanol–water partition coefficient (Wildman–Crippen LogP) is 1.48. The lowest BCUT2D eigenvalue weighted by molar-refractivity contribution is -0.384. The lowest BCUT2D eigenvalue weighted by Gasteiger charge is -2.03. The minimum atomic E-state index is -0.580. The van der Waals surface area contributed by atoms with Crippen LogP contribution in [0.1, 0.15) is 5.69 Å². The highest BCUT2D eigenvalue weighted by Gasteiger charge is 2.16. The number of nitro groups is 1. The van der Waals surface area contributed by atoms with E-state index in [1.54, 1.807) is 0 Å². The fraction of sp³-hybridized carbons (Fsp3) is 0.286. The van der Waals surface area contributed by atoms with E-state index in [-0.39, 0.29) is 18.1 Å². The van der Waals surface area contributed by atoms with Gasteiger partial charge in [0.1, 0.15) is 0 Å². The lowest BCUT2D eigenvalue weighted by Crippen LogP contribution is -2.03. The van der Waals surface area contributed by atoms with Crippen molar-refractivity contribution in [2.24, 2.45) is 0 Å². The normalized spacial score (nSPS) is 10.1. The number of anilines is 1. The molecule has 0 saturated carbocycles. The first-order valence-corrected chi connectivity index (χ1v) is 4.43. The Morgan fingerprint density at radius 3 is 2.93 bits per heavy atom. The van der Waals surface area contributed by atoms with Crippen LogP contribution >= 0.6 is 15.9 Å². The van der Waals surface area contributed by atoms with Gasteiger partial charge in [0.2, 0.25) is 5.82 Å². The Morgan fingerprint density at radius 2 is 2.43 bits per heavy atom. The molecule has 1 rings (SSSR count). The number of aromatic nitrogens is 1. The van der Waals surface area contributed by atoms with Crippen LogP contribution in [0.5, 0.6) is 0 Å². The Morgan fingerprint density at radius 1 is 1.79 bits per heavy atom. The number of methoxy groups -OCH3 is 1. The zero-order valence-corrected chi connectivity index (χ0v) is 8.94. The van der Waals surface area contributed by atoms with Crippen molar-refractivity contribution in [2.45, 2.75) is 6.61 Å². The fourth-order valence-corrected chi connectivity index (χ4v) is 1.34. The van der Waals surface area contributed by atoms with Crippen LogP contribution in [0.25, 0.3) is 0 Å². The smallest absolute Gasteiger partial charge is 0.312 e. The summed E-state index contributed by atoms with van der Waals surface area (Å²) in [5.41, 5.74) is 5.72. The van der Waals surface area contributed by atoms with Crippen molar-refractivity contribution in [3.8, 4) is 0 Å². The SMILES string of the molecule is COCc1nc(N)c([N+](=O)[O-])cc1Br. The lowest BCUT2D eigenvalue weighted by atomic mass is 10.3. The van der Waals surface area contributed by atoms with Gasteiger partial charge in [-0.05, 0) is 15.9 Å². The van der Waals surface area contributed by atoms with Gasteiger partial charge in [-0.3, -0.25) is 10.1 Å². The molecule has 6 nitrogen and oxygen atoms in total. The third-order valence-electron chi connectivity index (χ3n) is 1.53. The molecule has 1 aromatic heterocycles. The standard InChI is InChI=1S/C7H8BrN3O3/c1-14-3-5-4(8)2-6(11(12)13)7(9)10-5/h2H,3H2,1H3,(H2,9,10). The number of nitrogens with zero attached hydrogens (tertiary/aromatic N) is 2. The number of nitrogens with two attached hydrogens (primary N) is 1. The molecular weight excluding hydrogens is 254 g/mol. The molecule has 0 amide bonds. The summed E-state index contributed by atoms with van der Waals surface area (Å²) in [4.78, 5) is 13.7. The molecule has 1 heterocycles. The van der Waals surface area contributed by atoms with Crippen molar-refractivity contribution in [1.29, 1.82) is 0 Å². The monoisotopic (exact) mass is 261 g/mol. The number of rotatable bonds is 3. The highest BCUT2D eigenvalue weighted by atomic mass is 79.9. The van der Waals surface area contributed by atoms with Crippen LogP contribution < -0.4 is 5.73 Å². The van der Waals surface area contributed by atoms with E-state index in [4.69, 9.17) is 10.5 Å². The van der Waals surface area contributed by atoms with Crippen LogP contribution in [0, 0.1) is 10.1 Å². The first-order chi connectivity index (χ1) is 6.56. The van der Waals surface area contributed by atoms with Crippen LogP contribution in [-0.2, 0) is 11.3 Å². The third kappa shape index (κ3) is 2.18. The Bertz CT molecular complexity index is 369. The Kier molecular flexibility index (Phi) is 3.37. The highest BCUT2D eigenvalue weighted by molar-refractivity contribution is 9.10. The summed E-state index contributed by atoms with van der Waals surface area (Å²) < 4.78 is 5.36.